The molecule has 0 saturated carbocycles. The fourth-order valence-electron chi connectivity index (χ4n) is 14.8. The van der Waals surface area contributed by atoms with Gasteiger partial charge >= 0.3 is 5.97 Å². The van der Waals surface area contributed by atoms with Gasteiger partial charge in [-0.1, -0.05) is 70.4 Å². The number of esters is 1. The van der Waals surface area contributed by atoms with Gasteiger partial charge < -0.3 is 183 Å². The summed E-state index contributed by atoms with van der Waals surface area (Å²) in [5, 5.41) is 235. The summed E-state index contributed by atoms with van der Waals surface area (Å²) in [6.45, 7) is 21.4. The van der Waals surface area contributed by atoms with E-state index < -0.39 is 271 Å². The van der Waals surface area contributed by atoms with Crippen LogP contribution in [-0.4, -0.2) is 390 Å². The van der Waals surface area contributed by atoms with Crippen LogP contribution in [0.15, 0.2) is 95.2 Å². The van der Waals surface area contributed by atoms with Crippen LogP contribution in [0.25, 0.3) is 0 Å². The third-order valence-electron chi connectivity index (χ3n) is 22.9. The van der Waals surface area contributed by atoms with Gasteiger partial charge in [-0.05, 0) is 146 Å². The second kappa shape index (κ2) is 47.7. The molecule has 0 aromatic rings. The smallest absolute Gasteiger partial charge is 0.333 e. The van der Waals surface area contributed by atoms with Crippen molar-refractivity contribution in [3.63, 3.8) is 0 Å². The van der Waals surface area contributed by atoms with E-state index >= 15 is 0 Å². The van der Waals surface area contributed by atoms with Crippen molar-refractivity contribution >= 4 is 5.97 Å². The molecule has 690 valence electrons. The summed E-state index contributed by atoms with van der Waals surface area (Å²) < 4.78 is 87.6. The molecular weight excluding hydrogens is 1590 g/mol. The van der Waals surface area contributed by atoms with Gasteiger partial charge in [0.2, 0.25) is 0 Å². The lowest BCUT2D eigenvalue weighted by molar-refractivity contribution is -0.375. The van der Waals surface area contributed by atoms with Gasteiger partial charge in [-0.2, -0.15) is 0 Å². The first-order valence-corrected chi connectivity index (χ1v) is 40.9. The minimum Gasteiger partial charge on any atom is -0.453 e. The zero-order valence-electron chi connectivity index (χ0n) is 69.7. The van der Waals surface area contributed by atoms with Crippen LogP contribution in [0, 0.1) is 0 Å². The quantitative estimate of drug-likeness (QED) is 0.0161. The van der Waals surface area contributed by atoms with Gasteiger partial charge in [-0.25, -0.2) is 4.79 Å². The van der Waals surface area contributed by atoms with Gasteiger partial charge in [-0.3, -0.25) is 0 Å². The molecule has 7 aliphatic rings. The molecule has 7 fully saturated rings. The number of rotatable bonds is 42. The number of aliphatic hydroxyl groups excluding tert-OH is 22. The highest BCUT2D eigenvalue weighted by Gasteiger charge is 2.57. The van der Waals surface area contributed by atoms with Crippen LogP contribution in [-0.2, 0) is 75.8 Å². The molecule has 22 N–H and O–H groups in total. The summed E-state index contributed by atoms with van der Waals surface area (Å²) in [5.74, 6) is -1.01. The zero-order valence-corrected chi connectivity index (χ0v) is 69.7. The molecule has 0 aliphatic carbocycles. The third kappa shape index (κ3) is 27.5. The molecule has 0 amide bonds. The monoisotopic (exact) mass is 1730 g/mol. The van der Waals surface area contributed by atoms with Gasteiger partial charge in [-0.15, -0.1) is 13.2 Å². The standard InChI is InChI=1S/C82H134O38/c1-13-81(11,119-79-71(62(98)56(92)49(34-85)112-79)117-76-64(100)59(95)54(90)47(32-83)110-76)28-18-26-39(4)21-15-20-38(3)23-17-25-42(7)36-106-74-68(104)70(53(89)45(10)108-74)116-78-66(102)61(97)58(94)51(114-78)37-107-75-67(103)69(52(88)44(9)109-75)115-73(105)43(8)31-46(87)30-41(6)24-16-22-40(5)27-19-29-82(12,14-2)120-80-72(63(99)57(93)50(35-86)113-80)118-77-65(101)60(96)55(91)48(33-84)111-77/h13-14,20,24-27,31,44-72,74-80,83-104H,1-2,15-19,21-23,28-30,32-37H2,3-12H3/b38-20+,39-26+,40-27+,41-24+,42-25-,43-31+/t44-,45-,46?,47+,48+,49+,50+,51+,52-,53-,54+,55+,56+,57+,58+,59-,60-,61-,62-,63-,64+,65+,66+,67+,68+,69+,70+,71+,72+,74+,75+,76-,77-,78-,79-,80-,81+,82+/m0/s1. The normalized spacial score (nSPS) is 41.1. The summed E-state index contributed by atoms with van der Waals surface area (Å²) in [6.07, 6.45) is -37.7. The number of carbonyl (C=O) groups excluding carboxylic acids is 1. The Balaban J connectivity index is 0.828. The highest BCUT2D eigenvalue weighted by molar-refractivity contribution is 5.88. The van der Waals surface area contributed by atoms with Crippen LogP contribution in [0.4, 0.5) is 0 Å². The van der Waals surface area contributed by atoms with E-state index in [9.17, 15) is 117 Å². The van der Waals surface area contributed by atoms with Gasteiger partial charge in [0.25, 0.3) is 0 Å². The first kappa shape index (κ1) is 103. The predicted molar refractivity (Wildman–Crippen MR) is 418 cm³/mol. The molecule has 1 unspecified atom stereocenters. The molecule has 120 heavy (non-hydrogen) atoms. The van der Waals surface area contributed by atoms with Crippen molar-refractivity contribution in [2.24, 2.45) is 0 Å². The van der Waals surface area contributed by atoms with Crippen LogP contribution < -0.4 is 0 Å². The molecule has 38 heteroatoms. The lowest BCUT2D eigenvalue weighted by atomic mass is 9.95. The minimum absolute atomic E-state index is 0.0137. The number of allylic oxidation sites excluding steroid dienone is 8. The number of carbonyl (C=O) groups is 1. The van der Waals surface area contributed by atoms with Crippen molar-refractivity contribution in [2.75, 3.05) is 39.6 Å². The Morgan fingerprint density at radius 1 is 0.375 bits per heavy atom. The fraction of sp³-hybridized carbons (Fsp3) is 0.793. The molecule has 0 radical (unpaired) electrons. The van der Waals surface area contributed by atoms with Crippen LogP contribution >= 0.6 is 0 Å². The Morgan fingerprint density at radius 2 is 0.708 bits per heavy atom. The Hall–Kier alpha value is -4.05. The molecule has 0 spiro atoms. The Kier molecular flexibility index (Phi) is 40.9. The van der Waals surface area contributed by atoms with Gasteiger partial charge in [0.15, 0.2) is 50.1 Å². The van der Waals surface area contributed by atoms with E-state index in [0.717, 1.165) is 40.7 Å². The van der Waals surface area contributed by atoms with Crippen molar-refractivity contribution in [1.82, 2.24) is 0 Å². The summed E-state index contributed by atoms with van der Waals surface area (Å²) in [7, 11) is 0. The van der Waals surface area contributed by atoms with E-state index in [1.807, 2.05) is 52.0 Å². The Bertz CT molecular complexity index is 3340. The second-order valence-corrected chi connectivity index (χ2v) is 32.9. The first-order chi connectivity index (χ1) is 56.6. The zero-order chi connectivity index (χ0) is 89.1. The third-order valence-corrected chi connectivity index (χ3v) is 22.9. The van der Waals surface area contributed by atoms with Crippen LogP contribution in [0.3, 0.4) is 0 Å². The van der Waals surface area contributed by atoms with E-state index in [1.165, 1.54) is 39.0 Å². The second-order valence-electron chi connectivity index (χ2n) is 32.9. The van der Waals surface area contributed by atoms with E-state index in [-0.39, 0.29) is 18.6 Å². The lowest BCUT2D eigenvalue weighted by Gasteiger charge is -2.47. The SMILES string of the molecule is C=C[C@](C)(CC/C=C(\C)CC/C=C(\C)CC/C=C(/C)CO[C@@H]1O[C@@H](C)[C@H](O)[C@@H](O[C@@H]2O[C@H](CO[C@@H]3O[C@@H](C)[C@H](O)[C@@H](OC(=O)/C(C)=C/C(O)C/C(C)=C/CC/C(C)=C/CC[C@@](C)(C=C)O[C@@H]4O[C@H](CO)[C@@H](O)[C@H](O)[C@H]4O[C@@H]4O[C@H](CO)[C@@H](O)[C@H](O)[C@H]4O)[C@H]3O)[C@@H](O)[C@H](O)[C@H]2O)[C@H]1O)O[C@@H]1O[C@H](CO)[C@@H](O)[C@H](O)[C@H]1O[C@@H]1O[C@H](CO)[C@@H](O)[C@H](O)[C@H]1O. The molecule has 7 aliphatic heterocycles. The average molecular weight is 1730 g/mol. The van der Waals surface area contributed by atoms with Crippen LogP contribution in [0.5, 0.6) is 0 Å². The highest BCUT2D eigenvalue weighted by atomic mass is 16.8. The van der Waals surface area contributed by atoms with Crippen molar-refractivity contribution < 1.29 is 188 Å². The van der Waals surface area contributed by atoms with E-state index in [4.69, 9.17) is 71.1 Å². The Morgan fingerprint density at radius 3 is 1.12 bits per heavy atom. The number of aliphatic hydroxyl groups is 22. The van der Waals surface area contributed by atoms with Crippen molar-refractivity contribution in [3.05, 3.63) is 95.2 Å². The molecule has 38 atom stereocenters. The molecule has 0 aromatic heterocycles. The largest absolute Gasteiger partial charge is 0.453 e. The van der Waals surface area contributed by atoms with Crippen molar-refractivity contribution in [1.29, 1.82) is 0 Å². The average Bonchev–Trinajstić information content (AvgIpc) is 0.786. The summed E-state index contributed by atoms with van der Waals surface area (Å²) in [5.41, 5.74) is 2.36. The number of ether oxygens (including phenoxy) is 15. The minimum atomic E-state index is -1.95. The summed E-state index contributed by atoms with van der Waals surface area (Å²) in [4.78, 5) is 13.5. The number of hydrogen-bond acceptors (Lipinski definition) is 38. The first-order valence-electron chi connectivity index (χ1n) is 40.9. The molecular formula is C82H134O38. The van der Waals surface area contributed by atoms with E-state index in [2.05, 4.69) is 19.2 Å². The molecule has 0 aromatic carbocycles. The molecule has 7 rings (SSSR count). The van der Waals surface area contributed by atoms with Crippen molar-refractivity contribution in [3.8, 4) is 0 Å². The highest BCUT2D eigenvalue weighted by Crippen LogP contribution is 2.38. The van der Waals surface area contributed by atoms with Crippen LogP contribution in [0.2, 0.25) is 0 Å². The number of hydrogen-bond donors (Lipinski definition) is 22. The molecule has 0 bridgehead atoms. The molecule has 7 heterocycles. The van der Waals surface area contributed by atoms with E-state index in [0.29, 0.717) is 51.4 Å². The Labute approximate surface area is 698 Å². The summed E-state index contributed by atoms with van der Waals surface area (Å²) in [6, 6.07) is 0. The van der Waals surface area contributed by atoms with Gasteiger partial charge in [0.05, 0.1) is 69.2 Å². The fourth-order valence-corrected chi connectivity index (χ4v) is 14.8. The molecule has 38 nitrogen and oxygen atoms in total. The topological polar surface area (TPSA) is 601 Å². The maximum Gasteiger partial charge on any atom is 0.333 e. The van der Waals surface area contributed by atoms with Crippen LogP contribution in [0.1, 0.15) is 140 Å². The summed E-state index contributed by atoms with van der Waals surface area (Å²) >= 11 is 0. The van der Waals surface area contributed by atoms with Gasteiger partial charge in [0.1, 0.15) is 153 Å². The molecule has 7 saturated heterocycles. The maximum absolute atomic E-state index is 13.5. The maximum atomic E-state index is 13.5. The predicted octanol–water partition coefficient (Wildman–Crippen LogP) is -3.44. The van der Waals surface area contributed by atoms with Crippen molar-refractivity contribution in [2.45, 2.75) is 372 Å². The van der Waals surface area contributed by atoms with E-state index in [1.54, 1.807) is 20.8 Å². The van der Waals surface area contributed by atoms with Gasteiger partial charge in [0, 0.05) is 5.57 Å². The lowest BCUT2D eigenvalue weighted by Crippen LogP contribution is -2.65.